The first-order valence-electron chi connectivity index (χ1n) is 20.4. The van der Waals surface area contributed by atoms with Gasteiger partial charge in [-0.05, 0) is 157 Å². The first-order valence-corrected chi connectivity index (χ1v) is 20.4. The summed E-state index contributed by atoms with van der Waals surface area (Å²) in [6, 6.07) is 19.9. The fourth-order valence-electron chi connectivity index (χ4n) is 9.05. The lowest BCUT2D eigenvalue weighted by molar-refractivity contribution is 0.0470. The van der Waals surface area contributed by atoms with Gasteiger partial charge < -0.3 is 5.32 Å². The van der Waals surface area contributed by atoms with Crippen molar-refractivity contribution in [2.45, 2.75) is 152 Å². The molecule has 0 aliphatic carbocycles. The summed E-state index contributed by atoms with van der Waals surface area (Å²) >= 11 is 0. The molecule has 0 aromatic heterocycles. The van der Waals surface area contributed by atoms with E-state index < -0.39 is 0 Å². The van der Waals surface area contributed by atoms with Gasteiger partial charge >= 0.3 is 0 Å². The highest BCUT2D eigenvalue weighted by Crippen LogP contribution is 2.43. The van der Waals surface area contributed by atoms with E-state index >= 15 is 0 Å². The third-order valence-electron chi connectivity index (χ3n) is 12.1. The molecule has 0 spiro atoms. The Balaban J connectivity index is 1.28. The van der Waals surface area contributed by atoms with E-state index in [-0.39, 0.29) is 5.54 Å². The molecule has 2 saturated heterocycles. The van der Waals surface area contributed by atoms with Crippen LogP contribution in [0.2, 0.25) is 0 Å². The van der Waals surface area contributed by atoms with E-state index in [2.05, 4.69) is 152 Å². The topological polar surface area (TPSA) is 21.8 Å². The largest absolute Gasteiger partial charge is 0.314 e. The van der Waals surface area contributed by atoms with Gasteiger partial charge in [-0.3, -0.25) is 14.7 Å². The molecule has 2 fully saturated rings. The molecule has 1 N–H and O–H groups in total. The molecule has 0 saturated carbocycles. The first-order chi connectivity index (χ1) is 23.4. The summed E-state index contributed by atoms with van der Waals surface area (Å²) in [5, 5.41) is 3.55. The highest BCUT2D eigenvalue weighted by Gasteiger charge is 2.37. The maximum atomic E-state index is 3.55. The molecule has 0 amide bonds. The molecule has 0 bridgehead atoms. The number of hydrogen-bond acceptors (Lipinski definition) is 4. The van der Waals surface area contributed by atoms with Gasteiger partial charge in [-0.15, -0.1) is 0 Å². The molecule has 4 heteroatoms. The zero-order valence-electron chi connectivity index (χ0n) is 34.7. The lowest BCUT2D eigenvalue weighted by atomic mass is 9.67. The van der Waals surface area contributed by atoms with Crippen LogP contribution in [0.25, 0.3) is 0 Å². The van der Waals surface area contributed by atoms with Gasteiger partial charge in [0.2, 0.25) is 0 Å². The SMILES string of the molecule is CC(C)NCCc1ccc(CN2CCC(CC(C)(C)C)C(CC(C)(C)CC3CCN(Cc4ccc(C(C)N(C)C(C)(C)C)cc4)CC3)C2)cc1. The number of likely N-dealkylation sites (tertiary alicyclic amines) is 2. The number of piperidine rings is 2. The van der Waals surface area contributed by atoms with E-state index in [4.69, 9.17) is 0 Å². The summed E-state index contributed by atoms with van der Waals surface area (Å²) in [5.74, 6) is 2.48. The molecule has 2 aromatic carbocycles. The number of hydrogen-bond donors (Lipinski definition) is 1. The Bertz CT molecular complexity index is 1260. The van der Waals surface area contributed by atoms with E-state index in [0.717, 1.165) is 43.8 Å². The van der Waals surface area contributed by atoms with Crippen LogP contribution in [0.15, 0.2) is 48.5 Å². The molecule has 50 heavy (non-hydrogen) atoms. The lowest BCUT2D eigenvalue weighted by Gasteiger charge is -2.45. The Kier molecular flexibility index (Phi) is 14.7. The molecular weight excluding hydrogens is 609 g/mol. The van der Waals surface area contributed by atoms with Gasteiger partial charge in [0, 0.05) is 37.3 Å². The van der Waals surface area contributed by atoms with E-state index in [1.165, 1.54) is 87.0 Å². The van der Waals surface area contributed by atoms with Crippen molar-refractivity contribution < 1.29 is 0 Å². The van der Waals surface area contributed by atoms with Crippen LogP contribution >= 0.6 is 0 Å². The fourth-order valence-corrected chi connectivity index (χ4v) is 9.05. The monoisotopic (exact) mass is 687 g/mol. The predicted octanol–water partition coefficient (Wildman–Crippen LogP) is 10.6. The van der Waals surface area contributed by atoms with E-state index in [9.17, 15) is 0 Å². The summed E-state index contributed by atoms with van der Waals surface area (Å²) in [4.78, 5) is 7.96. The van der Waals surface area contributed by atoms with Gasteiger partial charge in [0.15, 0.2) is 0 Å². The Morgan fingerprint density at radius 2 is 1.22 bits per heavy atom. The van der Waals surface area contributed by atoms with Crippen molar-refractivity contribution in [3.63, 3.8) is 0 Å². The Morgan fingerprint density at radius 1 is 0.680 bits per heavy atom. The lowest BCUT2D eigenvalue weighted by Crippen LogP contribution is -2.43. The molecule has 2 aromatic rings. The van der Waals surface area contributed by atoms with E-state index in [1.54, 1.807) is 0 Å². The average Bonchev–Trinajstić information content (AvgIpc) is 3.02. The van der Waals surface area contributed by atoms with E-state index in [0.29, 0.717) is 22.9 Å². The second kappa shape index (κ2) is 17.9. The van der Waals surface area contributed by atoms with E-state index in [1.807, 2.05) is 0 Å². The maximum absolute atomic E-state index is 3.55. The smallest absolute Gasteiger partial charge is 0.0322 e. The van der Waals surface area contributed by atoms with Crippen LogP contribution in [0, 0.1) is 28.6 Å². The van der Waals surface area contributed by atoms with Crippen LogP contribution in [-0.2, 0) is 19.5 Å². The minimum atomic E-state index is 0.167. The highest BCUT2D eigenvalue weighted by atomic mass is 15.2. The number of rotatable bonds is 15. The van der Waals surface area contributed by atoms with Crippen LogP contribution in [0.3, 0.4) is 0 Å². The number of benzene rings is 2. The number of nitrogens with zero attached hydrogens (tertiary/aromatic N) is 3. The van der Waals surface area contributed by atoms with Crippen molar-refractivity contribution in [3.8, 4) is 0 Å². The summed E-state index contributed by atoms with van der Waals surface area (Å²) in [5.41, 5.74) is 6.74. The van der Waals surface area contributed by atoms with Crippen molar-refractivity contribution in [2.24, 2.45) is 28.6 Å². The summed E-state index contributed by atoms with van der Waals surface area (Å²) in [6.45, 7) is 34.4. The molecule has 4 nitrogen and oxygen atoms in total. The van der Waals surface area contributed by atoms with Gasteiger partial charge in [-0.2, -0.15) is 0 Å². The highest BCUT2D eigenvalue weighted by molar-refractivity contribution is 5.25. The first kappa shape index (κ1) is 41.0. The molecule has 282 valence electrons. The predicted molar refractivity (Wildman–Crippen MR) is 218 cm³/mol. The zero-order valence-corrected chi connectivity index (χ0v) is 34.7. The van der Waals surface area contributed by atoms with Gasteiger partial charge in [0.25, 0.3) is 0 Å². The molecule has 4 rings (SSSR count). The van der Waals surface area contributed by atoms with Crippen molar-refractivity contribution >= 4 is 0 Å². The minimum absolute atomic E-state index is 0.167. The van der Waals surface area contributed by atoms with Crippen LogP contribution in [-0.4, -0.2) is 66.1 Å². The van der Waals surface area contributed by atoms with Gasteiger partial charge in [-0.25, -0.2) is 0 Å². The van der Waals surface area contributed by atoms with Crippen molar-refractivity contribution in [3.05, 3.63) is 70.8 Å². The second-order valence-corrected chi connectivity index (χ2v) is 20.0. The van der Waals surface area contributed by atoms with Crippen LogP contribution in [0.4, 0.5) is 0 Å². The summed E-state index contributed by atoms with van der Waals surface area (Å²) < 4.78 is 0. The third kappa shape index (κ3) is 13.4. The van der Waals surface area contributed by atoms with Crippen LogP contribution in [0.1, 0.15) is 143 Å². The maximum Gasteiger partial charge on any atom is 0.0322 e. The molecule has 3 unspecified atom stereocenters. The number of nitrogens with one attached hydrogen (secondary N) is 1. The van der Waals surface area contributed by atoms with Crippen LogP contribution in [0.5, 0.6) is 0 Å². The molecule has 2 aliphatic rings. The quantitative estimate of drug-likeness (QED) is 0.201. The third-order valence-corrected chi connectivity index (χ3v) is 12.1. The molecule has 0 radical (unpaired) electrons. The Labute approximate surface area is 310 Å². The molecule has 2 aliphatic heterocycles. The molecule has 3 atom stereocenters. The fraction of sp³-hybridized carbons (Fsp3) is 0.739. The van der Waals surface area contributed by atoms with Crippen LogP contribution < -0.4 is 5.32 Å². The second-order valence-electron chi connectivity index (χ2n) is 20.0. The normalized spacial score (nSPS) is 21.3. The zero-order chi connectivity index (χ0) is 36.7. The van der Waals surface area contributed by atoms with Crippen molar-refractivity contribution in [2.75, 3.05) is 39.8 Å². The van der Waals surface area contributed by atoms with Gasteiger partial charge in [0.05, 0.1) is 0 Å². The summed E-state index contributed by atoms with van der Waals surface area (Å²) in [7, 11) is 2.24. The molecular formula is C46H78N4. The Morgan fingerprint density at radius 3 is 1.78 bits per heavy atom. The molecule has 2 heterocycles. The standard InChI is InChI=1S/C46H78N4/c1-35(2)47-25-21-37-13-15-39(16-14-37)33-50-28-24-42(30-44(4,5)6)43(34-50)31-46(10,11)29-38-22-26-49(27-23-38)32-40-17-19-41(20-18-40)36(3)48(12)45(7,8)9/h13-20,35-36,38,42-43,47H,21-34H2,1-12H3. The average molecular weight is 687 g/mol. The van der Waals surface area contributed by atoms with Gasteiger partial charge in [0.1, 0.15) is 0 Å². The minimum Gasteiger partial charge on any atom is -0.314 e. The van der Waals surface area contributed by atoms with Crippen molar-refractivity contribution in [1.82, 2.24) is 20.0 Å². The Hall–Kier alpha value is -1.72. The van der Waals surface area contributed by atoms with Crippen molar-refractivity contribution in [1.29, 1.82) is 0 Å². The summed E-state index contributed by atoms with van der Waals surface area (Å²) in [6.07, 6.45) is 9.24. The van der Waals surface area contributed by atoms with Gasteiger partial charge in [-0.1, -0.05) is 97.0 Å².